The number of thioether (sulfide) groups is 1. The van der Waals surface area contributed by atoms with Gasteiger partial charge in [0.15, 0.2) is 11.6 Å². The Labute approximate surface area is 217 Å². The Morgan fingerprint density at radius 1 is 1.27 bits per heavy atom. The second kappa shape index (κ2) is 10.1. The number of nitrogens with one attached hydrogen (secondary N) is 2. The van der Waals surface area contributed by atoms with Crippen molar-refractivity contribution < 1.29 is 18.4 Å². The van der Waals surface area contributed by atoms with Crippen molar-refractivity contribution in [1.82, 2.24) is 20.1 Å². The van der Waals surface area contributed by atoms with Crippen LogP contribution in [0.25, 0.3) is 5.82 Å². The van der Waals surface area contributed by atoms with Crippen LogP contribution < -0.4 is 15.5 Å². The molecule has 11 heteroatoms. The predicted molar refractivity (Wildman–Crippen MR) is 140 cm³/mol. The van der Waals surface area contributed by atoms with Gasteiger partial charge in [-0.3, -0.25) is 9.59 Å². The van der Waals surface area contributed by atoms with Crippen molar-refractivity contribution in [3.8, 4) is 5.82 Å². The van der Waals surface area contributed by atoms with E-state index in [1.54, 1.807) is 17.2 Å². The fourth-order valence-corrected chi connectivity index (χ4v) is 5.01. The number of anilines is 2. The molecule has 37 heavy (non-hydrogen) atoms. The molecule has 2 aliphatic rings. The summed E-state index contributed by atoms with van der Waals surface area (Å²) in [6.45, 7) is 1.41. The molecule has 0 radical (unpaired) electrons. The molecule has 1 aromatic carbocycles. The minimum Gasteiger partial charge on any atom is -0.359 e. The minimum atomic E-state index is -2.62. The van der Waals surface area contributed by atoms with E-state index in [4.69, 9.17) is 0 Å². The van der Waals surface area contributed by atoms with Crippen molar-refractivity contribution in [2.45, 2.75) is 38.2 Å². The van der Waals surface area contributed by atoms with Crippen LogP contribution in [0.3, 0.4) is 0 Å². The minimum absolute atomic E-state index is 0.152. The Bertz CT molecular complexity index is 1320. The molecule has 2 amide bonds. The number of fused-ring (bicyclic) bond motifs is 1. The SMILES string of the molecule is CSCC(=O)Nc1c2c(nn1-c1ccc(C)cn1)CC(CCc1cccc(N3CC(F)(F)C3)c1)NC2=O. The number of aryl methyl sites for hydroxylation is 2. The quantitative estimate of drug-likeness (QED) is 0.466. The van der Waals surface area contributed by atoms with Crippen molar-refractivity contribution in [1.29, 1.82) is 0 Å². The highest BCUT2D eigenvalue weighted by Crippen LogP contribution is 2.33. The Morgan fingerprint density at radius 3 is 2.78 bits per heavy atom. The molecule has 2 aliphatic heterocycles. The van der Waals surface area contributed by atoms with Gasteiger partial charge in [0.25, 0.3) is 11.8 Å². The number of aromatic nitrogens is 3. The number of nitrogens with zero attached hydrogens (tertiary/aromatic N) is 4. The summed E-state index contributed by atoms with van der Waals surface area (Å²) in [5.74, 6) is -2.05. The maximum absolute atomic E-state index is 13.3. The van der Waals surface area contributed by atoms with Gasteiger partial charge in [0.05, 0.1) is 24.5 Å². The van der Waals surface area contributed by atoms with E-state index in [-0.39, 0.29) is 36.7 Å². The Balaban J connectivity index is 1.34. The zero-order valence-electron chi connectivity index (χ0n) is 20.6. The smallest absolute Gasteiger partial charge is 0.282 e. The Kier molecular flexibility index (Phi) is 6.89. The van der Waals surface area contributed by atoms with Gasteiger partial charge in [-0.15, -0.1) is 0 Å². The predicted octanol–water partition coefficient (Wildman–Crippen LogP) is 3.62. The summed E-state index contributed by atoms with van der Waals surface area (Å²) < 4.78 is 28.1. The number of hydrogen-bond acceptors (Lipinski definition) is 6. The van der Waals surface area contributed by atoms with Crippen LogP contribution in [-0.2, 0) is 17.6 Å². The van der Waals surface area contributed by atoms with E-state index in [1.165, 1.54) is 16.4 Å². The highest BCUT2D eigenvalue weighted by Gasteiger charge is 2.43. The van der Waals surface area contributed by atoms with Crippen molar-refractivity contribution in [3.05, 3.63) is 65.0 Å². The first-order valence-corrected chi connectivity index (χ1v) is 13.5. The molecule has 194 valence electrons. The average Bonchev–Trinajstić information content (AvgIpc) is 3.20. The lowest BCUT2D eigenvalue weighted by molar-refractivity contribution is -0.113. The van der Waals surface area contributed by atoms with Crippen LogP contribution in [0.4, 0.5) is 20.3 Å². The number of carbonyl (C=O) groups is 2. The molecule has 5 rings (SSSR count). The summed E-state index contributed by atoms with van der Waals surface area (Å²) in [7, 11) is 0. The molecule has 0 saturated carbocycles. The van der Waals surface area contributed by atoms with Crippen LogP contribution in [0.1, 0.15) is 33.6 Å². The molecule has 0 aliphatic carbocycles. The molecule has 3 aromatic rings. The number of carbonyl (C=O) groups excluding carboxylic acids is 2. The molecule has 0 spiro atoms. The second-order valence-corrected chi connectivity index (χ2v) is 10.4. The van der Waals surface area contributed by atoms with E-state index in [1.807, 2.05) is 43.5 Å². The zero-order valence-corrected chi connectivity index (χ0v) is 21.4. The van der Waals surface area contributed by atoms with Gasteiger partial charge in [-0.05, 0) is 55.3 Å². The summed E-state index contributed by atoms with van der Waals surface area (Å²) in [5, 5.41) is 10.6. The standard InChI is InChI=1S/C26H28F2N6O2S/c1-16-6-9-21(29-12-16)34-24(31-22(35)13-37-2)23-20(32-34)11-18(30-25(23)36)8-7-17-4-3-5-19(10-17)33-14-26(27,28)15-33/h3-6,9-10,12,18H,7-8,11,13-15H2,1-2H3,(H,30,36)(H,31,35). The Hall–Kier alpha value is -3.47. The zero-order chi connectivity index (χ0) is 26.2. The van der Waals surface area contributed by atoms with Crippen LogP contribution in [0.5, 0.6) is 0 Å². The summed E-state index contributed by atoms with van der Waals surface area (Å²) in [4.78, 5) is 31.7. The van der Waals surface area contributed by atoms with Gasteiger partial charge in [0.1, 0.15) is 5.56 Å². The lowest BCUT2D eigenvalue weighted by atomic mass is 9.96. The van der Waals surface area contributed by atoms with Gasteiger partial charge in [-0.1, -0.05) is 18.2 Å². The van der Waals surface area contributed by atoms with Crippen molar-refractivity contribution in [2.75, 3.05) is 35.3 Å². The largest absolute Gasteiger partial charge is 0.359 e. The van der Waals surface area contributed by atoms with Crippen LogP contribution in [0.15, 0.2) is 42.6 Å². The van der Waals surface area contributed by atoms with E-state index in [0.29, 0.717) is 42.2 Å². The number of pyridine rings is 1. The Morgan fingerprint density at radius 2 is 2.08 bits per heavy atom. The van der Waals surface area contributed by atoms with Crippen LogP contribution in [0.2, 0.25) is 0 Å². The lowest BCUT2D eigenvalue weighted by Gasteiger charge is -2.40. The third kappa shape index (κ3) is 5.46. The van der Waals surface area contributed by atoms with E-state index in [0.717, 1.165) is 16.8 Å². The molecule has 2 aromatic heterocycles. The van der Waals surface area contributed by atoms with E-state index >= 15 is 0 Å². The van der Waals surface area contributed by atoms with Crippen molar-refractivity contribution in [3.63, 3.8) is 0 Å². The molecule has 1 fully saturated rings. The fraction of sp³-hybridized carbons (Fsp3) is 0.385. The first-order valence-electron chi connectivity index (χ1n) is 12.1. The number of benzene rings is 1. The highest BCUT2D eigenvalue weighted by atomic mass is 32.2. The van der Waals surface area contributed by atoms with Crippen molar-refractivity contribution in [2.24, 2.45) is 0 Å². The fourth-order valence-electron chi connectivity index (χ4n) is 4.67. The molecule has 4 heterocycles. The summed E-state index contributed by atoms with van der Waals surface area (Å²) >= 11 is 1.39. The lowest BCUT2D eigenvalue weighted by Crippen LogP contribution is -2.56. The number of rotatable bonds is 8. The normalized spacial score (nSPS) is 18.1. The van der Waals surface area contributed by atoms with E-state index in [2.05, 4.69) is 20.7 Å². The van der Waals surface area contributed by atoms with E-state index in [9.17, 15) is 18.4 Å². The maximum atomic E-state index is 13.3. The van der Waals surface area contributed by atoms with Crippen LogP contribution >= 0.6 is 11.8 Å². The van der Waals surface area contributed by atoms with Gasteiger partial charge >= 0.3 is 0 Å². The summed E-state index contributed by atoms with van der Waals surface area (Å²) in [5.41, 5.74) is 3.75. The molecule has 8 nitrogen and oxygen atoms in total. The summed E-state index contributed by atoms with van der Waals surface area (Å²) in [6.07, 6.45) is 5.38. The number of alkyl halides is 2. The number of hydrogen-bond donors (Lipinski definition) is 2. The van der Waals surface area contributed by atoms with Crippen molar-refractivity contribution >= 4 is 35.1 Å². The van der Waals surface area contributed by atoms with Crippen LogP contribution in [0, 0.1) is 6.92 Å². The molecule has 1 saturated heterocycles. The molecule has 0 bridgehead atoms. The third-order valence-electron chi connectivity index (χ3n) is 6.51. The molecule has 1 atom stereocenters. The van der Waals surface area contributed by atoms with Crippen LogP contribution in [-0.4, -0.2) is 63.6 Å². The first kappa shape index (κ1) is 25.2. The molecule has 1 unspecified atom stereocenters. The number of amides is 2. The van der Waals surface area contributed by atoms with E-state index < -0.39 is 5.92 Å². The third-order valence-corrected chi connectivity index (χ3v) is 7.06. The maximum Gasteiger partial charge on any atom is 0.282 e. The molecule has 2 N–H and O–H groups in total. The van der Waals surface area contributed by atoms with Gasteiger partial charge in [-0.25, -0.2) is 13.8 Å². The monoisotopic (exact) mass is 526 g/mol. The van der Waals surface area contributed by atoms with Gasteiger partial charge in [-0.2, -0.15) is 21.5 Å². The summed E-state index contributed by atoms with van der Waals surface area (Å²) in [6, 6.07) is 11.2. The van der Waals surface area contributed by atoms with Gasteiger partial charge < -0.3 is 15.5 Å². The topological polar surface area (TPSA) is 92.2 Å². The molecular formula is C26H28F2N6O2S. The van der Waals surface area contributed by atoms with Gasteiger partial charge in [0.2, 0.25) is 5.91 Å². The average molecular weight is 527 g/mol. The highest BCUT2D eigenvalue weighted by molar-refractivity contribution is 7.99. The first-order chi connectivity index (χ1) is 17.7. The number of halogens is 2. The second-order valence-electron chi connectivity index (χ2n) is 9.55. The molecular weight excluding hydrogens is 498 g/mol. The van der Waals surface area contributed by atoms with Gasteiger partial charge in [0, 0.05) is 24.3 Å².